The van der Waals surface area contributed by atoms with Crippen molar-refractivity contribution < 1.29 is 4.39 Å². The molecule has 0 saturated carbocycles. The molecule has 0 unspecified atom stereocenters. The van der Waals surface area contributed by atoms with Crippen LogP contribution in [0.25, 0.3) is 0 Å². The Morgan fingerprint density at radius 1 is 1.11 bits per heavy atom. The lowest BCUT2D eigenvalue weighted by Crippen LogP contribution is -2.02. The molecule has 0 atom stereocenters. The molecule has 0 aromatic heterocycles. The second kappa shape index (κ2) is 5.53. The molecule has 0 aliphatic heterocycles. The van der Waals surface area contributed by atoms with Crippen LogP contribution in [0.3, 0.4) is 0 Å². The summed E-state index contributed by atoms with van der Waals surface area (Å²) < 4.78 is 14.6. The number of anilines is 1. The van der Waals surface area contributed by atoms with Crippen molar-refractivity contribution in [3.05, 3.63) is 63.4 Å². The first-order valence-electron chi connectivity index (χ1n) is 5.81. The van der Waals surface area contributed by atoms with Crippen molar-refractivity contribution in [3.8, 4) is 0 Å². The molecule has 0 radical (unpaired) electrons. The van der Waals surface area contributed by atoms with E-state index in [2.05, 4.69) is 21.2 Å². The van der Waals surface area contributed by atoms with Gasteiger partial charge in [0.05, 0.1) is 0 Å². The molecule has 0 bridgehead atoms. The highest BCUT2D eigenvalue weighted by Gasteiger charge is 2.03. The van der Waals surface area contributed by atoms with E-state index in [-0.39, 0.29) is 5.82 Å². The van der Waals surface area contributed by atoms with Gasteiger partial charge < -0.3 is 5.32 Å². The molecule has 1 N–H and O–H groups in total. The maximum absolute atomic E-state index is 13.6. The zero-order valence-corrected chi connectivity index (χ0v) is 12.0. The molecule has 0 aliphatic rings. The monoisotopic (exact) mass is 307 g/mol. The third-order valence-electron chi connectivity index (χ3n) is 2.84. The number of hydrogen-bond donors (Lipinski definition) is 1. The minimum atomic E-state index is -0.165. The van der Waals surface area contributed by atoms with E-state index in [9.17, 15) is 4.39 Å². The Bertz CT molecular complexity index is 566. The number of benzene rings is 2. The fourth-order valence-corrected chi connectivity index (χ4v) is 2.04. The smallest absolute Gasteiger partial charge is 0.128 e. The van der Waals surface area contributed by atoms with Gasteiger partial charge >= 0.3 is 0 Å². The third-order valence-corrected chi connectivity index (χ3v) is 3.73. The first-order valence-corrected chi connectivity index (χ1v) is 6.60. The van der Waals surface area contributed by atoms with Gasteiger partial charge in [0.25, 0.3) is 0 Å². The van der Waals surface area contributed by atoms with Crippen LogP contribution in [0.4, 0.5) is 10.1 Å². The summed E-state index contributed by atoms with van der Waals surface area (Å²) in [5, 5.41) is 3.24. The van der Waals surface area contributed by atoms with Crippen molar-refractivity contribution >= 4 is 21.6 Å². The molecule has 1 nitrogen and oxygen atoms in total. The molecule has 0 amide bonds. The van der Waals surface area contributed by atoms with E-state index in [1.165, 1.54) is 6.07 Å². The summed E-state index contributed by atoms with van der Waals surface area (Å²) in [6, 6.07) is 11.2. The average molecular weight is 308 g/mol. The van der Waals surface area contributed by atoms with Crippen LogP contribution in [0.15, 0.2) is 40.9 Å². The second-order valence-corrected chi connectivity index (χ2v) is 5.27. The van der Waals surface area contributed by atoms with Gasteiger partial charge in [-0.1, -0.05) is 33.6 Å². The van der Waals surface area contributed by atoms with Crippen LogP contribution in [0.1, 0.15) is 16.7 Å². The number of nitrogens with one attached hydrogen (secondary N) is 1. The SMILES string of the molecule is Cc1ccc(F)c(CNc2ccc(Br)c(C)c2)c1. The van der Waals surface area contributed by atoms with E-state index < -0.39 is 0 Å². The molecule has 0 fully saturated rings. The van der Waals surface area contributed by atoms with Crippen molar-refractivity contribution in [2.24, 2.45) is 0 Å². The van der Waals surface area contributed by atoms with Gasteiger partial charge in [-0.3, -0.25) is 0 Å². The number of rotatable bonds is 3. The lowest BCUT2D eigenvalue weighted by atomic mass is 10.1. The van der Waals surface area contributed by atoms with Gasteiger partial charge in [-0.05, 0) is 43.7 Å². The number of aryl methyl sites for hydroxylation is 2. The molecular weight excluding hydrogens is 293 g/mol. The van der Waals surface area contributed by atoms with E-state index in [0.29, 0.717) is 12.1 Å². The van der Waals surface area contributed by atoms with Gasteiger partial charge in [-0.2, -0.15) is 0 Å². The molecule has 0 heterocycles. The maximum atomic E-state index is 13.6. The van der Waals surface area contributed by atoms with E-state index in [0.717, 1.165) is 21.3 Å². The first kappa shape index (κ1) is 13.1. The third kappa shape index (κ3) is 3.10. The summed E-state index contributed by atoms with van der Waals surface area (Å²) in [5.41, 5.74) is 3.91. The van der Waals surface area contributed by atoms with Crippen LogP contribution < -0.4 is 5.32 Å². The zero-order chi connectivity index (χ0) is 13.1. The minimum Gasteiger partial charge on any atom is -0.381 e. The fourth-order valence-electron chi connectivity index (χ4n) is 1.79. The summed E-state index contributed by atoms with van der Waals surface area (Å²) >= 11 is 3.46. The molecule has 18 heavy (non-hydrogen) atoms. The Labute approximate surface area is 115 Å². The van der Waals surface area contributed by atoms with Crippen LogP contribution in [0.2, 0.25) is 0 Å². The molecule has 0 aliphatic carbocycles. The molecule has 94 valence electrons. The molecule has 2 aromatic carbocycles. The standard InChI is InChI=1S/C15H15BrFN/c1-10-3-6-15(17)12(7-10)9-18-13-4-5-14(16)11(2)8-13/h3-8,18H,9H2,1-2H3. The molecule has 2 rings (SSSR count). The normalized spacial score (nSPS) is 10.4. The van der Waals surface area contributed by atoms with Crippen LogP contribution in [-0.2, 0) is 6.54 Å². The predicted octanol–water partition coefficient (Wildman–Crippen LogP) is 4.82. The first-order chi connectivity index (χ1) is 8.56. The molecule has 0 spiro atoms. The van der Waals surface area contributed by atoms with Crippen molar-refractivity contribution in [2.45, 2.75) is 20.4 Å². The Morgan fingerprint density at radius 2 is 1.89 bits per heavy atom. The van der Waals surface area contributed by atoms with E-state index in [1.54, 1.807) is 6.07 Å². The molecule has 2 aromatic rings. The number of hydrogen-bond acceptors (Lipinski definition) is 1. The highest BCUT2D eigenvalue weighted by atomic mass is 79.9. The Kier molecular flexibility index (Phi) is 4.02. The van der Waals surface area contributed by atoms with Crippen LogP contribution in [0.5, 0.6) is 0 Å². The summed E-state index contributed by atoms with van der Waals surface area (Å²) in [7, 11) is 0. The van der Waals surface area contributed by atoms with Gasteiger partial charge in [0.2, 0.25) is 0 Å². The van der Waals surface area contributed by atoms with Crippen LogP contribution in [-0.4, -0.2) is 0 Å². The van der Waals surface area contributed by atoms with Crippen molar-refractivity contribution in [1.29, 1.82) is 0 Å². The van der Waals surface area contributed by atoms with Gasteiger partial charge in [-0.15, -0.1) is 0 Å². The predicted molar refractivity (Wildman–Crippen MR) is 77.3 cm³/mol. The zero-order valence-electron chi connectivity index (χ0n) is 10.4. The lowest BCUT2D eigenvalue weighted by molar-refractivity contribution is 0.612. The summed E-state index contributed by atoms with van der Waals surface area (Å²) in [5.74, 6) is -0.165. The Balaban J connectivity index is 2.11. The highest BCUT2D eigenvalue weighted by molar-refractivity contribution is 9.10. The molecular formula is C15H15BrFN. The largest absolute Gasteiger partial charge is 0.381 e. The van der Waals surface area contributed by atoms with Crippen molar-refractivity contribution in [2.75, 3.05) is 5.32 Å². The highest BCUT2D eigenvalue weighted by Crippen LogP contribution is 2.21. The fraction of sp³-hybridized carbons (Fsp3) is 0.200. The van der Waals surface area contributed by atoms with Crippen LogP contribution in [0, 0.1) is 19.7 Å². The van der Waals surface area contributed by atoms with E-state index >= 15 is 0 Å². The molecule has 0 saturated heterocycles. The second-order valence-electron chi connectivity index (χ2n) is 4.41. The summed E-state index contributed by atoms with van der Waals surface area (Å²) in [6.07, 6.45) is 0. The molecule has 3 heteroatoms. The average Bonchev–Trinajstić information content (AvgIpc) is 2.34. The quantitative estimate of drug-likeness (QED) is 0.857. The Morgan fingerprint density at radius 3 is 2.61 bits per heavy atom. The Hall–Kier alpha value is -1.35. The van der Waals surface area contributed by atoms with E-state index in [4.69, 9.17) is 0 Å². The summed E-state index contributed by atoms with van der Waals surface area (Å²) in [6.45, 7) is 4.49. The summed E-state index contributed by atoms with van der Waals surface area (Å²) in [4.78, 5) is 0. The van der Waals surface area contributed by atoms with Crippen molar-refractivity contribution in [1.82, 2.24) is 0 Å². The lowest BCUT2D eigenvalue weighted by Gasteiger charge is -2.09. The van der Waals surface area contributed by atoms with Gasteiger partial charge in [0, 0.05) is 22.3 Å². The van der Waals surface area contributed by atoms with E-state index in [1.807, 2.05) is 38.1 Å². The van der Waals surface area contributed by atoms with Crippen LogP contribution >= 0.6 is 15.9 Å². The number of halogens is 2. The maximum Gasteiger partial charge on any atom is 0.128 e. The van der Waals surface area contributed by atoms with Gasteiger partial charge in [0.1, 0.15) is 5.82 Å². The van der Waals surface area contributed by atoms with Gasteiger partial charge in [-0.25, -0.2) is 4.39 Å². The minimum absolute atomic E-state index is 0.165. The van der Waals surface area contributed by atoms with Gasteiger partial charge in [0.15, 0.2) is 0 Å². The van der Waals surface area contributed by atoms with Crippen molar-refractivity contribution in [3.63, 3.8) is 0 Å². The topological polar surface area (TPSA) is 12.0 Å².